The van der Waals surface area contributed by atoms with Crippen molar-refractivity contribution in [3.63, 3.8) is 0 Å². The molecule has 10 heteroatoms. The van der Waals surface area contributed by atoms with E-state index in [1.165, 1.54) is 12.1 Å². The third kappa shape index (κ3) is 5.34. The number of rotatable bonds is 6. The van der Waals surface area contributed by atoms with E-state index in [1.54, 1.807) is 36.4 Å². The van der Waals surface area contributed by atoms with Crippen LogP contribution in [0.15, 0.2) is 66.7 Å². The highest BCUT2D eigenvalue weighted by molar-refractivity contribution is 6.53. The lowest BCUT2D eigenvalue weighted by Gasteiger charge is -2.11. The minimum Gasteiger partial charge on any atom is -0.326 e. The first-order valence-corrected chi connectivity index (χ1v) is 11.6. The Hall–Kier alpha value is -2.15. The monoisotopic (exact) mass is 541 g/mol. The van der Waals surface area contributed by atoms with Gasteiger partial charge < -0.3 is 5.32 Å². The van der Waals surface area contributed by atoms with Crippen LogP contribution in [0, 0.1) is 5.92 Å². The summed E-state index contributed by atoms with van der Waals surface area (Å²) in [5.74, 6) is -2.09. The van der Waals surface area contributed by atoms with Gasteiger partial charge in [-0.15, -0.1) is 23.2 Å². The van der Waals surface area contributed by atoms with Crippen LogP contribution in [0.25, 0.3) is 0 Å². The van der Waals surface area contributed by atoms with Crippen LogP contribution in [-0.4, -0.2) is 16.1 Å². The third-order valence-electron chi connectivity index (χ3n) is 5.15. The van der Waals surface area contributed by atoms with E-state index in [0.717, 1.165) is 0 Å². The topological polar surface area (TPSA) is 70.2 Å². The van der Waals surface area contributed by atoms with Crippen LogP contribution in [0.1, 0.15) is 21.8 Å². The zero-order chi connectivity index (χ0) is 23.8. The maximum atomic E-state index is 12.9. The largest absolute Gasteiger partial charge is 0.326 e. The molecule has 5 nitrogen and oxygen atoms in total. The Morgan fingerprint density at radius 3 is 2.15 bits per heavy atom. The second-order valence-electron chi connectivity index (χ2n) is 7.46. The quantitative estimate of drug-likeness (QED) is 0.233. The van der Waals surface area contributed by atoms with E-state index in [2.05, 4.69) is 16.2 Å². The summed E-state index contributed by atoms with van der Waals surface area (Å²) >= 11 is 31.1. The fourth-order valence-corrected chi connectivity index (χ4v) is 5.11. The molecule has 1 aliphatic carbocycles. The van der Waals surface area contributed by atoms with E-state index in [-0.39, 0.29) is 10.6 Å². The number of amides is 2. The number of hydrogen-bond donors (Lipinski definition) is 3. The second-order valence-corrected chi connectivity index (χ2v) is 10.2. The SMILES string of the molecule is O=C(NNc1ccccc1)c1cc(NC(=O)C2C(c3cc(Cl)cc(Cl)c3)C2(Cl)Cl)ccc1Cl. The number of hydrogen-bond acceptors (Lipinski definition) is 3. The Morgan fingerprint density at radius 2 is 1.48 bits per heavy atom. The van der Waals surface area contributed by atoms with Crippen LogP contribution in [0.3, 0.4) is 0 Å². The Kier molecular flexibility index (Phi) is 6.99. The molecule has 0 radical (unpaired) electrons. The minimum atomic E-state index is -1.32. The predicted octanol–water partition coefficient (Wildman–Crippen LogP) is 6.93. The first kappa shape index (κ1) is 24.0. The highest BCUT2D eigenvalue weighted by Crippen LogP contribution is 2.65. The molecule has 1 aliphatic rings. The van der Waals surface area contributed by atoms with Gasteiger partial charge in [-0.2, -0.15) is 0 Å². The van der Waals surface area contributed by atoms with Gasteiger partial charge in [-0.25, -0.2) is 0 Å². The average Bonchev–Trinajstić information content (AvgIpc) is 3.35. The molecule has 2 amide bonds. The number of carbonyl (C=O) groups is 2. The molecular formula is C23H16Cl5N3O2. The van der Waals surface area contributed by atoms with Crippen molar-refractivity contribution in [2.45, 2.75) is 10.3 Å². The van der Waals surface area contributed by atoms with Crippen molar-refractivity contribution in [3.05, 3.63) is 92.9 Å². The molecule has 0 aliphatic heterocycles. The normalized spacial score (nSPS) is 18.3. The molecule has 3 N–H and O–H groups in total. The molecule has 0 heterocycles. The summed E-state index contributed by atoms with van der Waals surface area (Å²) in [5.41, 5.74) is 7.28. The van der Waals surface area contributed by atoms with Crippen LogP contribution in [-0.2, 0) is 4.79 Å². The number of alkyl halides is 2. The highest BCUT2D eigenvalue weighted by Gasteiger charge is 2.67. The summed E-state index contributed by atoms with van der Waals surface area (Å²) in [7, 11) is 0. The molecule has 2 unspecified atom stereocenters. The van der Waals surface area contributed by atoms with Crippen molar-refractivity contribution in [2.75, 3.05) is 10.7 Å². The van der Waals surface area contributed by atoms with Gasteiger partial charge in [0, 0.05) is 21.7 Å². The molecule has 2 atom stereocenters. The van der Waals surface area contributed by atoms with Gasteiger partial charge in [0.1, 0.15) is 4.33 Å². The van der Waals surface area contributed by atoms with Crippen molar-refractivity contribution in [3.8, 4) is 0 Å². The predicted molar refractivity (Wildman–Crippen MR) is 135 cm³/mol. The molecule has 33 heavy (non-hydrogen) atoms. The van der Waals surface area contributed by atoms with Gasteiger partial charge in [0.05, 0.1) is 22.2 Å². The summed E-state index contributed by atoms with van der Waals surface area (Å²) in [4.78, 5) is 25.5. The molecule has 4 rings (SSSR count). The number of para-hydroxylation sites is 1. The smallest absolute Gasteiger partial charge is 0.271 e. The van der Waals surface area contributed by atoms with E-state index in [1.807, 2.05) is 18.2 Å². The average molecular weight is 544 g/mol. The summed E-state index contributed by atoms with van der Waals surface area (Å²) in [5, 5.41) is 3.82. The number of hydrazine groups is 1. The number of anilines is 2. The molecule has 3 aromatic rings. The number of nitrogens with one attached hydrogen (secondary N) is 3. The first-order chi connectivity index (χ1) is 15.7. The fourth-order valence-electron chi connectivity index (χ4n) is 3.54. The Balaban J connectivity index is 1.46. The highest BCUT2D eigenvalue weighted by atomic mass is 35.5. The third-order valence-corrected chi connectivity index (χ3v) is 6.86. The van der Waals surface area contributed by atoms with Gasteiger partial charge >= 0.3 is 0 Å². The van der Waals surface area contributed by atoms with E-state index >= 15 is 0 Å². The molecule has 170 valence electrons. The van der Waals surface area contributed by atoms with Crippen molar-refractivity contribution < 1.29 is 9.59 Å². The Labute approximate surface area is 215 Å². The molecular weight excluding hydrogens is 528 g/mol. The maximum absolute atomic E-state index is 12.9. The molecule has 0 aromatic heterocycles. The lowest BCUT2D eigenvalue weighted by molar-refractivity contribution is -0.117. The zero-order valence-electron chi connectivity index (χ0n) is 16.7. The van der Waals surface area contributed by atoms with E-state index in [9.17, 15) is 9.59 Å². The number of benzene rings is 3. The van der Waals surface area contributed by atoms with Crippen molar-refractivity contribution in [1.82, 2.24) is 5.43 Å². The van der Waals surface area contributed by atoms with Crippen molar-refractivity contribution >= 4 is 81.2 Å². The van der Waals surface area contributed by atoms with Crippen LogP contribution in [0.5, 0.6) is 0 Å². The van der Waals surface area contributed by atoms with Gasteiger partial charge in [-0.05, 0) is 54.1 Å². The fraction of sp³-hybridized carbons (Fsp3) is 0.130. The molecule has 0 bridgehead atoms. The first-order valence-electron chi connectivity index (χ1n) is 9.72. The lowest BCUT2D eigenvalue weighted by atomic mass is 10.1. The Morgan fingerprint density at radius 1 is 0.818 bits per heavy atom. The molecule has 1 fully saturated rings. The van der Waals surface area contributed by atoms with E-state index < -0.39 is 28.0 Å². The molecule has 0 spiro atoms. The molecule has 1 saturated carbocycles. The van der Waals surface area contributed by atoms with Gasteiger partial charge in [-0.1, -0.05) is 53.0 Å². The van der Waals surface area contributed by atoms with E-state index in [4.69, 9.17) is 58.0 Å². The van der Waals surface area contributed by atoms with Crippen LogP contribution >= 0.6 is 58.0 Å². The summed E-state index contributed by atoms with van der Waals surface area (Å²) in [6, 6.07) is 18.6. The lowest BCUT2D eigenvalue weighted by Crippen LogP contribution is -2.29. The summed E-state index contributed by atoms with van der Waals surface area (Å²) in [6.07, 6.45) is 0. The van der Waals surface area contributed by atoms with Gasteiger partial charge in [0.25, 0.3) is 5.91 Å². The van der Waals surface area contributed by atoms with Gasteiger partial charge in [0.2, 0.25) is 5.91 Å². The van der Waals surface area contributed by atoms with Gasteiger partial charge in [0.15, 0.2) is 0 Å². The van der Waals surface area contributed by atoms with Crippen LogP contribution in [0.2, 0.25) is 15.1 Å². The van der Waals surface area contributed by atoms with Crippen LogP contribution < -0.4 is 16.2 Å². The maximum Gasteiger partial charge on any atom is 0.271 e. The second kappa shape index (κ2) is 9.61. The summed E-state index contributed by atoms with van der Waals surface area (Å²) < 4.78 is -1.32. The summed E-state index contributed by atoms with van der Waals surface area (Å²) in [6.45, 7) is 0. The van der Waals surface area contributed by atoms with Crippen LogP contribution in [0.4, 0.5) is 11.4 Å². The standard InChI is InChI=1S/C23H16Cl5N3O2/c24-13-8-12(9-14(25)10-13)19-20(23(19,27)28)22(33)29-16-6-7-18(26)17(11-16)21(32)31-30-15-4-2-1-3-5-15/h1-11,19-20,30H,(H,29,33)(H,31,32). The van der Waals surface area contributed by atoms with Crippen molar-refractivity contribution in [2.24, 2.45) is 5.92 Å². The molecule has 0 saturated heterocycles. The number of carbonyl (C=O) groups excluding carboxylic acids is 2. The minimum absolute atomic E-state index is 0.176. The molecule has 3 aromatic carbocycles. The van der Waals surface area contributed by atoms with E-state index in [0.29, 0.717) is 27.0 Å². The zero-order valence-corrected chi connectivity index (χ0v) is 20.5. The number of halogens is 5. The van der Waals surface area contributed by atoms with Gasteiger partial charge in [-0.3, -0.25) is 20.4 Å². The van der Waals surface area contributed by atoms with Crippen molar-refractivity contribution in [1.29, 1.82) is 0 Å². The Bertz CT molecular complexity index is 1200.